The fraction of sp³-hybridized carbons (Fsp3) is 0.174. The van der Waals surface area contributed by atoms with Crippen LogP contribution in [0, 0.1) is 12.7 Å². The lowest BCUT2D eigenvalue weighted by Gasteiger charge is -2.16. The Bertz CT molecular complexity index is 1100. The average Bonchev–Trinajstić information content (AvgIpc) is 2.73. The number of benzene rings is 3. The van der Waals surface area contributed by atoms with Crippen molar-refractivity contribution in [1.29, 1.82) is 0 Å². The number of carbonyl (C=O) groups is 1. The molecule has 2 N–H and O–H groups in total. The van der Waals surface area contributed by atoms with E-state index in [0.29, 0.717) is 23.0 Å². The van der Waals surface area contributed by atoms with Crippen LogP contribution in [0.1, 0.15) is 27.0 Å². The van der Waals surface area contributed by atoms with Gasteiger partial charge in [-0.2, -0.15) is 0 Å². The number of rotatable bonds is 8. The van der Waals surface area contributed by atoms with Gasteiger partial charge in [0.05, 0.1) is 22.7 Å². The van der Waals surface area contributed by atoms with E-state index in [4.69, 9.17) is 32.7 Å². The molecule has 0 aliphatic carbocycles. The minimum Gasteiger partial charge on any atom is -0.493 e. The molecule has 31 heavy (non-hydrogen) atoms. The average molecular weight is 464 g/mol. The van der Waals surface area contributed by atoms with Gasteiger partial charge in [0.15, 0.2) is 11.5 Å². The smallest absolute Gasteiger partial charge is 0.335 e. The predicted octanol–water partition coefficient (Wildman–Crippen LogP) is 6.34. The second kappa shape index (κ2) is 9.90. The molecule has 0 unspecified atom stereocenters. The minimum atomic E-state index is -0.996. The van der Waals surface area contributed by atoms with E-state index >= 15 is 0 Å². The largest absolute Gasteiger partial charge is 0.493 e. The van der Waals surface area contributed by atoms with Gasteiger partial charge in [-0.15, -0.1) is 0 Å². The Labute approximate surface area is 189 Å². The third-order valence-corrected chi connectivity index (χ3v) is 5.31. The zero-order valence-electron chi connectivity index (χ0n) is 16.8. The topological polar surface area (TPSA) is 67.8 Å². The Hall–Kier alpha value is -2.96. The highest BCUT2D eigenvalue weighted by Crippen LogP contribution is 2.37. The van der Waals surface area contributed by atoms with Gasteiger partial charge in [-0.3, -0.25) is 0 Å². The van der Waals surface area contributed by atoms with Crippen molar-refractivity contribution in [3.05, 3.63) is 86.6 Å². The number of carboxylic acids is 1. The molecule has 0 radical (unpaired) electrons. The first-order valence-electron chi connectivity index (χ1n) is 9.30. The summed E-state index contributed by atoms with van der Waals surface area (Å²) in [5.74, 6) is -0.810. The summed E-state index contributed by atoms with van der Waals surface area (Å²) in [6.07, 6.45) is 0. The molecule has 0 atom stereocenters. The lowest BCUT2D eigenvalue weighted by atomic mass is 10.1. The molecule has 3 rings (SSSR count). The quantitative estimate of drug-likeness (QED) is 0.407. The summed E-state index contributed by atoms with van der Waals surface area (Å²) >= 11 is 12.4. The lowest BCUT2D eigenvalue weighted by molar-refractivity contribution is 0.0697. The number of hydrogen-bond donors (Lipinski definition) is 2. The lowest BCUT2D eigenvalue weighted by Crippen LogP contribution is -2.05. The fourth-order valence-electron chi connectivity index (χ4n) is 2.97. The van der Waals surface area contributed by atoms with Crippen LogP contribution in [0.2, 0.25) is 10.0 Å². The number of nitrogens with one attached hydrogen (secondary N) is 1. The van der Waals surface area contributed by atoms with Crippen molar-refractivity contribution < 1.29 is 23.8 Å². The number of anilines is 1. The highest BCUT2D eigenvalue weighted by Gasteiger charge is 2.15. The van der Waals surface area contributed by atoms with Crippen LogP contribution in [-0.2, 0) is 13.2 Å². The van der Waals surface area contributed by atoms with Crippen molar-refractivity contribution in [2.24, 2.45) is 0 Å². The van der Waals surface area contributed by atoms with Gasteiger partial charge in [-0.1, -0.05) is 35.3 Å². The number of aryl methyl sites for hydroxylation is 1. The molecule has 0 aromatic heterocycles. The van der Waals surface area contributed by atoms with Crippen molar-refractivity contribution in [2.75, 3.05) is 12.4 Å². The van der Waals surface area contributed by atoms with E-state index in [9.17, 15) is 14.3 Å². The summed E-state index contributed by atoms with van der Waals surface area (Å²) in [5, 5.41) is 12.9. The summed E-state index contributed by atoms with van der Waals surface area (Å²) in [4.78, 5) is 11.2. The maximum absolute atomic E-state index is 14.0. The fourth-order valence-corrected chi connectivity index (χ4v) is 3.48. The highest BCUT2D eigenvalue weighted by molar-refractivity contribution is 6.32. The molecular weight excluding hydrogens is 444 g/mol. The number of halogens is 3. The Morgan fingerprint density at radius 1 is 1.13 bits per heavy atom. The van der Waals surface area contributed by atoms with E-state index in [2.05, 4.69) is 5.32 Å². The number of aromatic carboxylic acids is 1. The second-order valence-electron chi connectivity index (χ2n) is 6.79. The van der Waals surface area contributed by atoms with Crippen molar-refractivity contribution in [3.8, 4) is 11.5 Å². The summed E-state index contributed by atoms with van der Waals surface area (Å²) in [6, 6.07) is 12.7. The molecule has 3 aromatic carbocycles. The maximum atomic E-state index is 14.0. The Morgan fingerprint density at radius 2 is 1.90 bits per heavy atom. The minimum absolute atomic E-state index is 0.111. The van der Waals surface area contributed by atoms with Crippen LogP contribution in [0.25, 0.3) is 0 Å². The van der Waals surface area contributed by atoms with Crippen LogP contribution in [0.3, 0.4) is 0 Å². The number of carboxylic acid groups (broad SMARTS) is 1. The van der Waals surface area contributed by atoms with Crippen LogP contribution in [0.4, 0.5) is 10.1 Å². The SMILES string of the molecule is COc1cc(CNc2cc(C(=O)O)ccc2C)cc(Cl)c1OCc1c(F)cccc1Cl. The van der Waals surface area contributed by atoms with Gasteiger partial charge in [-0.05, 0) is 54.4 Å². The molecule has 0 amide bonds. The number of hydrogen-bond acceptors (Lipinski definition) is 4. The number of methoxy groups -OCH3 is 1. The van der Waals surface area contributed by atoms with E-state index in [1.165, 1.54) is 19.2 Å². The summed E-state index contributed by atoms with van der Waals surface area (Å²) in [7, 11) is 1.48. The monoisotopic (exact) mass is 463 g/mol. The van der Waals surface area contributed by atoms with Gasteiger partial charge >= 0.3 is 5.97 Å². The van der Waals surface area contributed by atoms with Gasteiger partial charge in [0.25, 0.3) is 0 Å². The van der Waals surface area contributed by atoms with E-state index < -0.39 is 11.8 Å². The van der Waals surface area contributed by atoms with Crippen LogP contribution in [-0.4, -0.2) is 18.2 Å². The zero-order chi connectivity index (χ0) is 22.5. The summed E-state index contributed by atoms with van der Waals surface area (Å²) in [6.45, 7) is 2.14. The predicted molar refractivity (Wildman–Crippen MR) is 119 cm³/mol. The molecule has 0 saturated carbocycles. The first kappa shape index (κ1) is 22.7. The molecule has 162 valence electrons. The van der Waals surface area contributed by atoms with E-state index in [1.54, 1.807) is 36.4 Å². The molecule has 8 heteroatoms. The van der Waals surface area contributed by atoms with E-state index in [1.807, 2.05) is 6.92 Å². The molecule has 0 fully saturated rings. The third kappa shape index (κ3) is 5.40. The van der Waals surface area contributed by atoms with Crippen molar-refractivity contribution in [1.82, 2.24) is 0 Å². The standard InChI is InChI=1S/C23H20Cl2FNO4/c1-13-6-7-15(23(28)29)10-20(13)27-11-14-8-18(25)22(21(9-14)30-2)31-12-16-17(24)4-3-5-19(16)26/h3-10,27H,11-12H2,1-2H3,(H,28,29). The molecule has 0 aliphatic heterocycles. The molecule has 5 nitrogen and oxygen atoms in total. The van der Waals surface area contributed by atoms with Crippen LogP contribution < -0.4 is 14.8 Å². The Morgan fingerprint density at radius 3 is 2.58 bits per heavy atom. The molecule has 0 heterocycles. The van der Waals surface area contributed by atoms with Gasteiger partial charge in [-0.25, -0.2) is 9.18 Å². The molecule has 0 saturated heterocycles. The second-order valence-corrected chi connectivity index (χ2v) is 7.60. The molecule has 0 bridgehead atoms. The third-order valence-electron chi connectivity index (χ3n) is 4.68. The summed E-state index contributed by atoms with van der Waals surface area (Å²) < 4.78 is 25.1. The van der Waals surface area contributed by atoms with Gasteiger partial charge in [0.2, 0.25) is 0 Å². The summed E-state index contributed by atoms with van der Waals surface area (Å²) in [5.41, 5.74) is 2.81. The van der Waals surface area contributed by atoms with Crippen LogP contribution in [0.5, 0.6) is 11.5 Å². The van der Waals surface area contributed by atoms with Gasteiger partial charge in [0, 0.05) is 17.8 Å². The van der Waals surface area contributed by atoms with Crippen LogP contribution in [0.15, 0.2) is 48.5 Å². The molecule has 0 aliphatic rings. The van der Waals surface area contributed by atoms with Gasteiger partial charge in [0.1, 0.15) is 12.4 Å². The first-order chi connectivity index (χ1) is 14.8. The Balaban J connectivity index is 1.78. The molecular formula is C23H20Cl2FNO4. The van der Waals surface area contributed by atoms with E-state index in [-0.39, 0.29) is 28.5 Å². The number of ether oxygens (including phenoxy) is 2. The first-order valence-corrected chi connectivity index (χ1v) is 10.1. The maximum Gasteiger partial charge on any atom is 0.335 e. The van der Waals surface area contributed by atoms with Crippen molar-refractivity contribution in [3.63, 3.8) is 0 Å². The highest BCUT2D eigenvalue weighted by atomic mass is 35.5. The zero-order valence-corrected chi connectivity index (χ0v) is 18.4. The normalized spacial score (nSPS) is 10.6. The van der Waals surface area contributed by atoms with Crippen molar-refractivity contribution in [2.45, 2.75) is 20.1 Å². The molecule has 3 aromatic rings. The Kier molecular flexibility index (Phi) is 7.25. The van der Waals surface area contributed by atoms with Gasteiger partial charge < -0.3 is 19.9 Å². The van der Waals surface area contributed by atoms with Crippen LogP contribution >= 0.6 is 23.2 Å². The molecule has 0 spiro atoms. The van der Waals surface area contributed by atoms with E-state index in [0.717, 1.165) is 11.1 Å². The van der Waals surface area contributed by atoms with Crippen molar-refractivity contribution >= 4 is 34.9 Å².